The lowest BCUT2D eigenvalue weighted by atomic mass is 9.92. The molecule has 0 atom stereocenters. The molecule has 2 fully saturated rings. The minimum Gasteiger partial charge on any atom is -0.338 e. The van der Waals surface area contributed by atoms with Crippen LogP contribution >= 0.6 is 0 Å². The lowest BCUT2D eigenvalue weighted by Crippen LogP contribution is -2.43. The number of nitrogens with zero attached hydrogens (tertiary/aromatic N) is 7. The van der Waals surface area contributed by atoms with Crippen LogP contribution < -0.4 is 4.90 Å². The number of fused-ring (bicyclic) bond motifs is 2. The van der Waals surface area contributed by atoms with E-state index in [4.69, 9.17) is 5.10 Å². The Bertz CT molecular complexity index is 1480. The number of halogens is 2. The van der Waals surface area contributed by atoms with Gasteiger partial charge in [-0.3, -0.25) is 14.2 Å². The topological polar surface area (TPSA) is 62.4 Å². The second-order valence-corrected chi connectivity index (χ2v) is 13.0. The average Bonchev–Trinajstić information content (AvgIpc) is 3.64. The number of hydrogen-bond acceptors (Lipinski definition) is 5. The number of aromatic nitrogens is 4. The van der Waals surface area contributed by atoms with Crippen LogP contribution in [0.25, 0.3) is 11.1 Å². The Hall–Kier alpha value is -3.27. The zero-order chi connectivity index (χ0) is 29.7. The summed E-state index contributed by atoms with van der Waals surface area (Å²) in [4.78, 5) is 19.2. The smallest absolute Gasteiger partial charge is 0.264 e. The molecule has 3 aromatic rings. The zero-order valence-corrected chi connectivity index (χ0v) is 25.4. The number of rotatable bonds is 5. The van der Waals surface area contributed by atoms with Crippen molar-refractivity contribution in [3.05, 3.63) is 46.9 Å². The van der Waals surface area contributed by atoms with E-state index in [-0.39, 0.29) is 11.5 Å². The number of alkyl halides is 2. The molecule has 0 N–H and O–H groups in total. The number of piperidine rings is 1. The maximum Gasteiger partial charge on any atom is 0.264 e. The first kappa shape index (κ1) is 28.5. The molecule has 0 radical (unpaired) electrons. The molecule has 5 heterocycles. The predicted octanol–water partition coefficient (Wildman–Crippen LogP) is 6.18. The van der Waals surface area contributed by atoms with Gasteiger partial charge in [-0.15, -0.1) is 0 Å². The van der Waals surface area contributed by atoms with Crippen molar-refractivity contribution in [1.29, 1.82) is 0 Å². The summed E-state index contributed by atoms with van der Waals surface area (Å²) in [6.45, 7) is 5.74. The number of benzene rings is 1. The summed E-state index contributed by atoms with van der Waals surface area (Å²) in [7, 11) is 1.80. The molecule has 1 saturated carbocycles. The third-order valence-electron chi connectivity index (χ3n) is 10.3. The molecule has 43 heavy (non-hydrogen) atoms. The van der Waals surface area contributed by atoms with Gasteiger partial charge in [-0.05, 0) is 61.8 Å². The van der Waals surface area contributed by atoms with Gasteiger partial charge in [-0.1, -0.05) is 19.3 Å². The molecule has 0 unspecified atom stereocenters. The van der Waals surface area contributed by atoms with Gasteiger partial charge in [0.1, 0.15) is 0 Å². The van der Waals surface area contributed by atoms with Crippen molar-refractivity contribution in [2.75, 3.05) is 31.1 Å². The van der Waals surface area contributed by atoms with Gasteiger partial charge in [0.05, 0.1) is 18.8 Å². The summed E-state index contributed by atoms with van der Waals surface area (Å²) in [6, 6.07) is 4.67. The Kier molecular flexibility index (Phi) is 7.74. The molecule has 1 saturated heterocycles. The molecule has 230 valence electrons. The highest BCUT2D eigenvalue weighted by Gasteiger charge is 2.35. The molecular formula is C33H43F2N7O. The third kappa shape index (κ3) is 5.36. The van der Waals surface area contributed by atoms with Crippen molar-refractivity contribution in [2.24, 2.45) is 7.05 Å². The quantitative estimate of drug-likeness (QED) is 0.355. The number of aryl methyl sites for hydroxylation is 2. The molecule has 1 aromatic carbocycles. The Balaban J connectivity index is 1.25. The van der Waals surface area contributed by atoms with Crippen molar-refractivity contribution in [2.45, 2.75) is 96.2 Å². The Morgan fingerprint density at radius 1 is 0.953 bits per heavy atom. The van der Waals surface area contributed by atoms with Crippen molar-refractivity contribution in [1.82, 2.24) is 29.4 Å². The van der Waals surface area contributed by atoms with Gasteiger partial charge in [0.15, 0.2) is 5.82 Å². The van der Waals surface area contributed by atoms with Crippen LogP contribution in [-0.2, 0) is 31.2 Å². The van der Waals surface area contributed by atoms with Gasteiger partial charge >= 0.3 is 0 Å². The number of amides is 1. The highest BCUT2D eigenvalue weighted by Crippen LogP contribution is 2.44. The number of anilines is 2. The maximum atomic E-state index is 14.5. The molecule has 7 rings (SSSR count). The van der Waals surface area contributed by atoms with E-state index in [1.54, 1.807) is 37.1 Å². The van der Waals surface area contributed by atoms with Crippen LogP contribution in [0.15, 0.2) is 24.5 Å². The van der Waals surface area contributed by atoms with Crippen LogP contribution in [0.5, 0.6) is 0 Å². The molecule has 4 aliphatic rings. The van der Waals surface area contributed by atoms with Gasteiger partial charge in [-0.2, -0.15) is 10.2 Å². The molecule has 0 bridgehead atoms. The minimum absolute atomic E-state index is 0.0207. The van der Waals surface area contributed by atoms with E-state index in [2.05, 4.69) is 19.6 Å². The van der Waals surface area contributed by atoms with E-state index in [1.165, 1.54) is 37.8 Å². The fourth-order valence-corrected chi connectivity index (χ4v) is 8.02. The van der Waals surface area contributed by atoms with Crippen LogP contribution in [-0.4, -0.2) is 67.5 Å². The summed E-state index contributed by atoms with van der Waals surface area (Å²) in [5, 5.41) is 9.54. The first-order chi connectivity index (χ1) is 20.9. The van der Waals surface area contributed by atoms with E-state index >= 15 is 0 Å². The summed E-state index contributed by atoms with van der Waals surface area (Å²) >= 11 is 0. The summed E-state index contributed by atoms with van der Waals surface area (Å²) in [5.74, 6) is 0.899. The van der Waals surface area contributed by atoms with E-state index in [1.807, 2.05) is 11.0 Å². The van der Waals surface area contributed by atoms with E-state index in [0.717, 1.165) is 73.9 Å². The van der Waals surface area contributed by atoms with Gasteiger partial charge in [0, 0.05) is 86.9 Å². The standard InChI is InChI=1S/C33H43F2N7O/c1-22(43)40-16-12-30-29(21-40)33(37-42(30)26-10-14-39(15-11-26)25-8-4-3-5-9-25)41-13-6-7-23-17-27(24-19-36-38(2)20-24)28(32(34)35)18-31(23)41/h17-20,25-26,32H,3-16,21H2,1-2H3. The van der Waals surface area contributed by atoms with E-state index in [0.29, 0.717) is 36.8 Å². The highest BCUT2D eigenvalue weighted by atomic mass is 19.3. The number of carbonyl (C=O) groups excluding carboxylic acids is 1. The van der Waals surface area contributed by atoms with E-state index in [9.17, 15) is 13.6 Å². The number of likely N-dealkylation sites (tertiary alicyclic amines) is 1. The Labute approximate surface area is 252 Å². The van der Waals surface area contributed by atoms with Gasteiger partial charge in [0.25, 0.3) is 6.43 Å². The Morgan fingerprint density at radius 3 is 2.44 bits per heavy atom. The minimum atomic E-state index is -2.61. The molecule has 10 heteroatoms. The van der Waals surface area contributed by atoms with Gasteiger partial charge < -0.3 is 14.7 Å². The molecule has 8 nitrogen and oxygen atoms in total. The fraction of sp³-hybridized carbons (Fsp3) is 0.606. The maximum absolute atomic E-state index is 14.5. The van der Waals surface area contributed by atoms with Crippen LogP contribution in [0.3, 0.4) is 0 Å². The lowest BCUT2D eigenvalue weighted by Gasteiger charge is -2.39. The predicted molar refractivity (Wildman–Crippen MR) is 163 cm³/mol. The molecule has 1 amide bonds. The van der Waals surface area contributed by atoms with Crippen LogP contribution in [0, 0.1) is 0 Å². The normalized spacial score (nSPS) is 20.5. The third-order valence-corrected chi connectivity index (χ3v) is 10.3. The summed E-state index contributed by atoms with van der Waals surface area (Å²) in [6.07, 6.45) is 12.2. The largest absolute Gasteiger partial charge is 0.338 e. The molecule has 0 spiro atoms. The van der Waals surface area contributed by atoms with Gasteiger partial charge in [-0.25, -0.2) is 8.78 Å². The van der Waals surface area contributed by atoms with Crippen molar-refractivity contribution >= 4 is 17.4 Å². The van der Waals surface area contributed by atoms with E-state index < -0.39 is 6.43 Å². The van der Waals surface area contributed by atoms with Crippen LogP contribution in [0.1, 0.15) is 93.1 Å². The monoisotopic (exact) mass is 591 g/mol. The summed E-state index contributed by atoms with van der Waals surface area (Å²) in [5.41, 5.74) is 5.44. The fourth-order valence-electron chi connectivity index (χ4n) is 8.02. The van der Waals surface area contributed by atoms with Crippen molar-refractivity contribution < 1.29 is 13.6 Å². The van der Waals surface area contributed by atoms with Crippen LogP contribution in [0.4, 0.5) is 20.3 Å². The number of carbonyl (C=O) groups is 1. The van der Waals surface area contributed by atoms with Crippen molar-refractivity contribution in [3.63, 3.8) is 0 Å². The highest BCUT2D eigenvalue weighted by molar-refractivity contribution is 5.78. The number of hydrogen-bond donors (Lipinski definition) is 0. The van der Waals surface area contributed by atoms with Crippen LogP contribution in [0.2, 0.25) is 0 Å². The molecule has 3 aliphatic heterocycles. The molecule has 2 aromatic heterocycles. The van der Waals surface area contributed by atoms with Crippen molar-refractivity contribution in [3.8, 4) is 11.1 Å². The molecule has 1 aliphatic carbocycles. The second kappa shape index (κ2) is 11.7. The second-order valence-electron chi connectivity index (χ2n) is 13.0. The first-order valence-corrected chi connectivity index (χ1v) is 16.2. The Morgan fingerprint density at radius 2 is 1.74 bits per heavy atom. The first-order valence-electron chi connectivity index (χ1n) is 16.2. The SMILES string of the molecule is CC(=O)N1CCc2c(c(N3CCCc4cc(-c5cnn(C)c5)c(C(F)F)cc43)nn2C2CCN(C3CCCCC3)CC2)C1. The van der Waals surface area contributed by atoms with Gasteiger partial charge in [0.2, 0.25) is 5.91 Å². The lowest BCUT2D eigenvalue weighted by molar-refractivity contribution is -0.129. The zero-order valence-electron chi connectivity index (χ0n) is 25.4. The average molecular weight is 592 g/mol. The molecular weight excluding hydrogens is 548 g/mol. The summed E-state index contributed by atoms with van der Waals surface area (Å²) < 4.78 is 33.0.